The van der Waals surface area contributed by atoms with Gasteiger partial charge < -0.3 is 15.3 Å². The number of furan rings is 1. The van der Waals surface area contributed by atoms with Crippen molar-refractivity contribution in [3.63, 3.8) is 0 Å². The van der Waals surface area contributed by atoms with Crippen LogP contribution in [0.25, 0.3) is 11.3 Å². The van der Waals surface area contributed by atoms with Crippen LogP contribution >= 0.6 is 11.6 Å². The predicted molar refractivity (Wildman–Crippen MR) is 73.3 cm³/mol. The number of rotatable bonds is 4. The summed E-state index contributed by atoms with van der Waals surface area (Å²) in [6.45, 7) is 0. The Labute approximate surface area is 128 Å². The fraction of sp³-hybridized carbons (Fsp3) is 0.214. The van der Waals surface area contributed by atoms with Crippen molar-refractivity contribution in [2.75, 3.05) is 0 Å². The van der Waals surface area contributed by atoms with E-state index in [-0.39, 0.29) is 28.5 Å². The second-order valence-corrected chi connectivity index (χ2v) is 5.01. The van der Waals surface area contributed by atoms with Gasteiger partial charge in [0.1, 0.15) is 11.5 Å². The van der Waals surface area contributed by atoms with Gasteiger partial charge in [-0.2, -0.15) is 13.2 Å². The van der Waals surface area contributed by atoms with Crippen LogP contribution in [0, 0.1) is 0 Å². The molecule has 0 aliphatic rings. The monoisotopic (exact) mass is 333 g/mol. The maximum atomic E-state index is 12.6. The molecule has 0 saturated heterocycles. The summed E-state index contributed by atoms with van der Waals surface area (Å²) in [5, 5.41) is 8.55. The summed E-state index contributed by atoms with van der Waals surface area (Å²) in [7, 11) is 0. The van der Waals surface area contributed by atoms with E-state index in [4.69, 9.17) is 26.9 Å². The van der Waals surface area contributed by atoms with Crippen molar-refractivity contribution in [1.82, 2.24) is 0 Å². The molecule has 1 atom stereocenters. The molecule has 2 aromatic rings. The molecule has 0 aliphatic carbocycles. The van der Waals surface area contributed by atoms with Crippen molar-refractivity contribution < 1.29 is 27.5 Å². The Kier molecular flexibility index (Phi) is 4.48. The number of carboxylic acid groups (broad SMARTS) is 1. The third kappa shape index (κ3) is 3.61. The van der Waals surface area contributed by atoms with E-state index in [9.17, 15) is 18.0 Å². The molecule has 1 unspecified atom stereocenters. The summed E-state index contributed by atoms with van der Waals surface area (Å²) < 4.78 is 43.1. The summed E-state index contributed by atoms with van der Waals surface area (Å²) >= 11 is 5.86. The Balaban J connectivity index is 2.30. The zero-order valence-electron chi connectivity index (χ0n) is 11.0. The molecule has 1 heterocycles. The van der Waals surface area contributed by atoms with Crippen molar-refractivity contribution in [2.24, 2.45) is 5.73 Å². The summed E-state index contributed by atoms with van der Waals surface area (Å²) in [5.41, 5.74) is 5.05. The molecular weight excluding hydrogens is 323 g/mol. The first-order chi connectivity index (χ1) is 10.2. The average Bonchev–Trinajstić information content (AvgIpc) is 2.86. The van der Waals surface area contributed by atoms with Gasteiger partial charge in [-0.25, -0.2) is 0 Å². The molecule has 3 N–H and O–H groups in total. The molecule has 4 nitrogen and oxygen atoms in total. The molecule has 118 valence electrons. The van der Waals surface area contributed by atoms with Crippen LogP contribution in [0.5, 0.6) is 0 Å². The number of carboxylic acids is 1. The molecule has 1 aromatic carbocycles. The Morgan fingerprint density at radius 1 is 1.32 bits per heavy atom. The van der Waals surface area contributed by atoms with Crippen LogP contribution in [0.2, 0.25) is 5.02 Å². The molecule has 1 aromatic heterocycles. The summed E-state index contributed by atoms with van der Waals surface area (Å²) in [4.78, 5) is 10.6. The van der Waals surface area contributed by atoms with Crippen LogP contribution in [0.3, 0.4) is 0 Å². The Bertz CT molecular complexity index is 697. The predicted octanol–water partition coefficient (Wildman–Crippen LogP) is 4.09. The Morgan fingerprint density at radius 2 is 2.00 bits per heavy atom. The zero-order valence-corrected chi connectivity index (χ0v) is 11.8. The molecule has 22 heavy (non-hydrogen) atoms. The molecule has 0 amide bonds. The average molecular weight is 334 g/mol. The molecular formula is C14H11ClF3NO3. The fourth-order valence-electron chi connectivity index (χ4n) is 1.88. The number of alkyl halides is 3. The lowest BCUT2D eigenvalue weighted by Gasteiger charge is -2.09. The van der Waals surface area contributed by atoms with Crippen molar-refractivity contribution in [1.29, 1.82) is 0 Å². The quantitative estimate of drug-likeness (QED) is 0.883. The van der Waals surface area contributed by atoms with Crippen LogP contribution < -0.4 is 5.73 Å². The van der Waals surface area contributed by atoms with Crippen molar-refractivity contribution in [3.05, 3.63) is 46.7 Å². The summed E-state index contributed by atoms with van der Waals surface area (Å²) in [5.74, 6) is -0.652. The SMILES string of the molecule is NC(CC(=O)O)c1ccc(-c2ccc(C(F)(F)F)cc2Cl)o1. The lowest BCUT2D eigenvalue weighted by molar-refractivity contribution is -0.138. The van der Waals surface area contributed by atoms with Gasteiger partial charge in [0.05, 0.1) is 23.0 Å². The van der Waals surface area contributed by atoms with E-state index in [2.05, 4.69) is 0 Å². The van der Waals surface area contributed by atoms with E-state index in [1.165, 1.54) is 18.2 Å². The third-order valence-corrected chi connectivity index (χ3v) is 3.26. The van der Waals surface area contributed by atoms with Crippen LogP contribution in [0.15, 0.2) is 34.7 Å². The van der Waals surface area contributed by atoms with E-state index in [0.29, 0.717) is 0 Å². The number of carbonyl (C=O) groups is 1. The third-order valence-electron chi connectivity index (χ3n) is 2.95. The van der Waals surface area contributed by atoms with Crippen LogP contribution in [0.1, 0.15) is 23.8 Å². The van der Waals surface area contributed by atoms with Gasteiger partial charge in [0, 0.05) is 5.56 Å². The number of halogens is 4. The lowest BCUT2D eigenvalue weighted by Crippen LogP contribution is -2.14. The van der Waals surface area contributed by atoms with E-state index < -0.39 is 23.8 Å². The zero-order chi connectivity index (χ0) is 16.5. The number of aliphatic carboxylic acids is 1. The van der Waals surface area contributed by atoms with E-state index in [1.807, 2.05) is 0 Å². The largest absolute Gasteiger partial charge is 0.481 e. The maximum absolute atomic E-state index is 12.6. The van der Waals surface area contributed by atoms with Crippen molar-refractivity contribution >= 4 is 17.6 Å². The van der Waals surface area contributed by atoms with Gasteiger partial charge in [0.15, 0.2) is 0 Å². The van der Waals surface area contributed by atoms with Crippen molar-refractivity contribution in [2.45, 2.75) is 18.6 Å². The molecule has 0 radical (unpaired) electrons. The van der Waals surface area contributed by atoms with Gasteiger partial charge in [-0.3, -0.25) is 4.79 Å². The lowest BCUT2D eigenvalue weighted by atomic mass is 10.1. The number of benzene rings is 1. The fourth-order valence-corrected chi connectivity index (χ4v) is 2.15. The molecule has 0 aliphatic heterocycles. The van der Waals surface area contributed by atoms with Gasteiger partial charge >= 0.3 is 12.1 Å². The second-order valence-electron chi connectivity index (χ2n) is 4.60. The normalized spacial score (nSPS) is 13.1. The van der Waals surface area contributed by atoms with E-state index in [0.717, 1.165) is 12.1 Å². The van der Waals surface area contributed by atoms with Crippen LogP contribution in [-0.2, 0) is 11.0 Å². The van der Waals surface area contributed by atoms with E-state index >= 15 is 0 Å². The van der Waals surface area contributed by atoms with Crippen LogP contribution in [0.4, 0.5) is 13.2 Å². The molecule has 0 bridgehead atoms. The first-order valence-corrected chi connectivity index (χ1v) is 6.50. The van der Waals surface area contributed by atoms with Crippen LogP contribution in [-0.4, -0.2) is 11.1 Å². The Morgan fingerprint density at radius 3 is 2.55 bits per heavy atom. The standard InChI is InChI=1S/C14H11ClF3NO3/c15-9-5-7(14(16,17)18)1-2-8(9)11-3-4-12(22-11)10(19)6-13(20)21/h1-5,10H,6,19H2,(H,20,21). The highest BCUT2D eigenvalue weighted by molar-refractivity contribution is 6.33. The summed E-state index contributed by atoms with van der Waals surface area (Å²) in [6.07, 6.45) is -4.81. The van der Waals surface area contributed by atoms with Gasteiger partial charge in [-0.05, 0) is 30.3 Å². The molecule has 0 saturated carbocycles. The minimum atomic E-state index is -4.49. The topological polar surface area (TPSA) is 76.5 Å². The molecule has 2 rings (SSSR count). The number of hydrogen-bond donors (Lipinski definition) is 2. The van der Waals surface area contributed by atoms with Crippen molar-refractivity contribution in [3.8, 4) is 11.3 Å². The first kappa shape index (κ1) is 16.4. The highest BCUT2D eigenvalue weighted by Crippen LogP contribution is 2.36. The second kappa shape index (κ2) is 6.02. The number of hydrogen-bond acceptors (Lipinski definition) is 3. The highest BCUT2D eigenvalue weighted by Gasteiger charge is 2.31. The van der Waals surface area contributed by atoms with Gasteiger partial charge in [0.25, 0.3) is 0 Å². The Hall–Kier alpha value is -1.99. The maximum Gasteiger partial charge on any atom is 0.416 e. The first-order valence-electron chi connectivity index (χ1n) is 6.12. The minimum Gasteiger partial charge on any atom is -0.481 e. The smallest absolute Gasteiger partial charge is 0.416 e. The molecule has 0 spiro atoms. The highest BCUT2D eigenvalue weighted by atomic mass is 35.5. The van der Waals surface area contributed by atoms with E-state index in [1.54, 1.807) is 0 Å². The minimum absolute atomic E-state index is 0.123. The van der Waals surface area contributed by atoms with Gasteiger partial charge in [-0.15, -0.1) is 0 Å². The van der Waals surface area contributed by atoms with Gasteiger partial charge in [0.2, 0.25) is 0 Å². The molecule has 8 heteroatoms. The summed E-state index contributed by atoms with van der Waals surface area (Å²) in [6, 6.07) is 4.98. The molecule has 0 fully saturated rings. The number of nitrogens with two attached hydrogens (primary N) is 1. The van der Waals surface area contributed by atoms with Gasteiger partial charge in [-0.1, -0.05) is 11.6 Å².